The van der Waals surface area contributed by atoms with Crippen LogP contribution in [0.25, 0.3) is 0 Å². The molecule has 1 N–H and O–H groups in total. The highest BCUT2D eigenvalue weighted by Crippen LogP contribution is 2.20. The Morgan fingerprint density at radius 3 is 2.86 bits per heavy atom. The van der Waals surface area contributed by atoms with Crippen molar-refractivity contribution in [2.75, 3.05) is 16.8 Å². The summed E-state index contributed by atoms with van der Waals surface area (Å²) in [4.78, 5) is 8.17. The largest absolute Gasteiger partial charge is 0.367 e. The van der Waals surface area contributed by atoms with E-state index < -0.39 is 0 Å². The van der Waals surface area contributed by atoms with E-state index in [1.807, 2.05) is 17.8 Å². The minimum Gasteiger partial charge on any atom is -0.367 e. The fourth-order valence-corrected chi connectivity index (χ4v) is 2.88. The Bertz CT molecular complexity index is 302. The quantitative estimate of drug-likeness (QED) is 0.841. The van der Waals surface area contributed by atoms with Crippen molar-refractivity contribution in [2.24, 2.45) is 0 Å². The minimum atomic E-state index is 0.582. The number of aromatic nitrogens is 2. The van der Waals surface area contributed by atoms with Gasteiger partial charge in [0.15, 0.2) is 0 Å². The highest BCUT2D eigenvalue weighted by atomic mass is 79.9. The van der Waals surface area contributed by atoms with Crippen LogP contribution in [0.15, 0.2) is 17.0 Å². The first-order chi connectivity index (χ1) is 6.84. The molecule has 0 radical (unpaired) electrons. The fraction of sp³-hybridized carbons (Fsp3) is 0.556. The van der Waals surface area contributed by atoms with E-state index in [1.165, 1.54) is 24.3 Å². The molecule has 0 aromatic carbocycles. The summed E-state index contributed by atoms with van der Waals surface area (Å²) in [7, 11) is 0. The average Bonchev–Trinajstić information content (AvgIpc) is 2.19. The summed E-state index contributed by atoms with van der Waals surface area (Å²) in [5.74, 6) is 3.43. The van der Waals surface area contributed by atoms with Gasteiger partial charge in [0.05, 0.1) is 0 Å². The van der Waals surface area contributed by atoms with Gasteiger partial charge in [0, 0.05) is 12.1 Å². The molecule has 0 amide bonds. The number of nitrogens with zero attached hydrogens (tertiary/aromatic N) is 2. The first-order valence-electron chi connectivity index (χ1n) is 4.66. The summed E-state index contributed by atoms with van der Waals surface area (Å²) in [6, 6.07) is 2.50. The van der Waals surface area contributed by atoms with Crippen LogP contribution in [0.4, 0.5) is 5.82 Å². The molecule has 2 heterocycles. The molecule has 0 saturated carbocycles. The number of halogens is 1. The molecule has 1 saturated heterocycles. The lowest BCUT2D eigenvalue weighted by atomic mass is 10.1. The summed E-state index contributed by atoms with van der Waals surface area (Å²) >= 11 is 5.36. The second kappa shape index (κ2) is 4.98. The van der Waals surface area contributed by atoms with E-state index >= 15 is 0 Å². The molecule has 1 fully saturated rings. The smallest absolute Gasteiger partial charge is 0.130 e. The average molecular weight is 274 g/mol. The van der Waals surface area contributed by atoms with Gasteiger partial charge in [0.2, 0.25) is 0 Å². The van der Waals surface area contributed by atoms with Gasteiger partial charge in [-0.15, -0.1) is 0 Å². The van der Waals surface area contributed by atoms with E-state index in [2.05, 4.69) is 31.2 Å². The molecule has 1 aromatic rings. The fourth-order valence-electron chi connectivity index (χ4n) is 1.46. The third kappa shape index (κ3) is 2.85. The van der Waals surface area contributed by atoms with E-state index in [4.69, 9.17) is 0 Å². The van der Waals surface area contributed by atoms with Crippen molar-refractivity contribution in [3.05, 3.63) is 17.0 Å². The SMILES string of the molecule is Brc1cc(NC2CCSCC2)ncn1. The maximum Gasteiger partial charge on any atom is 0.130 e. The van der Waals surface area contributed by atoms with Gasteiger partial charge in [0.25, 0.3) is 0 Å². The zero-order chi connectivity index (χ0) is 9.80. The van der Waals surface area contributed by atoms with E-state index in [0.717, 1.165) is 10.4 Å². The zero-order valence-electron chi connectivity index (χ0n) is 7.74. The van der Waals surface area contributed by atoms with Crippen LogP contribution in [0.1, 0.15) is 12.8 Å². The Kier molecular flexibility index (Phi) is 3.64. The second-order valence-corrected chi connectivity index (χ2v) is 5.29. The molecule has 14 heavy (non-hydrogen) atoms. The Morgan fingerprint density at radius 2 is 2.14 bits per heavy atom. The van der Waals surface area contributed by atoms with Gasteiger partial charge >= 0.3 is 0 Å². The maximum absolute atomic E-state index is 4.17. The van der Waals surface area contributed by atoms with E-state index in [9.17, 15) is 0 Å². The molecular weight excluding hydrogens is 262 g/mol. The van der Waals surface area contributed by atoms with Crippen LogP contribution in [-0.2, 0) is 0 Å². The van der Waals surface area contributed by atoms with Crippen LogP contribution in [0.3, 0.4) is 0 Å². The van der Waals surface area contributed by atoms with Gasteiger partial charge in [-0.1, -0.05) is 0 Å². The van der Waals surface area contributed by atoms with E-state index in [-0.39, 0.29) is 0 Å². The molecule has 0 atom stereocenters. The first-order valence-corrected chi connectivity index (χ1v) is 6.61. The van der Waals surface area contributed by atoms with Crippen LogP contribution in [-0.4, -0.2) is 27.5 Å². The highest BCUT2D eigenvalue weighted by Gasteiger charge is 2.13. The number of hydrogen-bond donors (Lipinski definition) is 1. The molecule has 0 aliphatic carbocycles. The number of thioether (sulfide) groups is 1. The highest BCUT2D eigenvalue weighted by molar-refractivity contribution is 9.10. The Balaban J connectivity index is 1.95. The molecule has 5 heteroatoms. The summed E-state index contributed by atoms with van der Waals surface area (Å²) in [6.07, 6.45) is 4.03. The van der Waals surface area contributed by atoms with Gasteiger partial charge in [-0.05, 0) is 40.3 Å². The molecule has 2 rings (SSSR count). The standard InChI is InChI=1S/C9H12BrN3S/c10-8-5-9(12-6-11-8)13-7-1-3-14-4-2-7/h5-7H,1-4H2,(H,11,12,13). The van der Waals surface area contributed by atoms with E-state index in [0.29, 0.717) is 6.04 Å². The number of nitrogens with one attached hydrogen (secondary N) is 1. The third-order valence-corrected chi connectivity index (χ3v) is 3.69. The minimum absolute atomic E-state index is 0.582. The normalized spacial score (nSPS) is 18.1. The predicted octanol–water partition coefficient (Wildman–Crippen LogP) is 2.55. The molecule has 1 aliphatic heterocycles. The topological polar surface area (TPSA) is 37.8 Å². The van der Waals surface area contributed by atoms with Crippen LogP contribution in [0, 0.1) is 0 Å². The zero-order valence-corrected chi connectivity index (χ0v) is 10.1. The van der Waals surface area contributed by atoms with Crippen LogP contribution in [0.5, 0.6) is 0 Å². The molecule has 3 nitrogen and oxygen atoms in total. The molecule has 0 bridgehead atoms. The number of hydrogen-bond acceptors (Lipinski definition) is 4. The molecular formula is C9H12BrN3S. The number of anilines is 1. The van der Waals surface area contributed by atoms with Crippen molar-refractivity contribution in [2.45, 2.75) is 18.9 Å². The summed E-state index contributed by atoms with van der Waals surface area (Å²) in [6.45, 7) is 0. The third-order valence-electron chi connectivity index (χ3n) is 2.21. The van der Waals surface area contributed by atoms with Crippen molar-refractivity contribution >= 4 is 33.5 Å². The van der Waals surface area contributed by atoms with Gasteiger partial charge < -0.3 is 5.32 Å². The summed E-state index contributed by atoms with van der Waals surface area (Å²) in [5.41, 5.74) is 0. The Morgan fingerprint density at radius 1 is 1.36 bits per heavy atom. The van der Waals surface area contributed by atoms with Crippen LogP contribution in [0.2, 0.25) is 0 Å². The molecule has 1 aromatic heterocycles. The van der Waals surface area contributed by atoms with Gasteiger partial charge in [-0.2, -0.15) is 11.8 Å². The Labute approximate surface area is 96.2 Å². The van der Waals surface area contributed by atoms with Crippen molar-refractivity contribution in [3.63, 3.8) is 0 Å². The Hall–Kier alpha value is -0.290. The van der Waals surface area contributed by atoms with Crippen molar-refractivity contribution < 1.29 is 0 Å². The van der Waals surface area contributed by atoms with Gasteiger partial charge in [-0.3, -0.25) is 0 Å². The van der Waals surface area contributed by atoms with Crippen molar-refractivity contribution in [1.29, 1.82) is 0 Å². The summed E-state index contributed by atoms with van der Waals surface area (Å²) in [5, 5.41) is 3.43. The lowest BCUT2D eigenvalue weighted by Crippen LogP contribution is -2.24. The molecule has 0 unspecified atom stereocenters. The van der Waals surface area contributed by atoms with Gasteiger partial charge in [0.1, 0.15) is 16.7 Å². The molecule has 1 aliphatic rings. The van der Waals surface area contributed by atoms with Crippen molar-refractivity contribution in [3.8, 4) is 0 Å². The lowest BCUT2D eigenvalue weighted by molar-refractivity contribution is 0.663. The van der Waals surface area contributed by atoms with Crippen molar-refractivity contribution in [1.82, 2.24) is 9.97 Å². The van der Waals surface area contributed by atoms with E-state index in [1.54, 1.807) is 6.33 Å². The first kappa shape index (κ1) is 10.2. The summed E-state index contributed by atoms with van der Waals surface area (Å²) < 4.78 is 0.834. The van der Waals surface area contributed by atoms with Crippen LogP contribution < -0.4 is 5.32 Å². The molecule has 76 valence electrons. The second-order valence-electron chi connectivity index (χ2n) is 3.26. The molecule has 0 spiro atoms. The monoisotopic (exact) mass is 273 g/mol. The number of rotatable bonds is 2. The van der Waals surface area contributed by atoms with Crippen LogP contribution >= 0.6 is 27.7 Å². The van der Waals surface area contributed by atoms with Gasteiger partial charge in [-0.25, -0.2) is 9.97 Å². The predicted molar refractivity (Wildman–Crippen MR) is 63.7 cm³/mol. The lowest BCUT2D eigenvalue weighted by Gasteiger charge is -2.22. The maximum atomic E-state index is 4.17.